The quantitative estimate of drug-likeness (QED) is 0.587. The fourth-order valence-corrected chi connectivity index (χ4v) is 2.10. The third kappa shape index (κ3) is 5.90. The summed E-state index contributed by atoms with van der Waals surface area (Å²) in [6.07, 6.45) is -0.703. The molecule has 0 unspecified atom stereocenters. The minimum absolute atomic E-state index is 0.141. The van der Waals surface area contributed by atoms with Gasteiger partial charge >= 0.3 is 11.9 Å². The Morgan fingerprint density at radius 1 is 1.16 bits per heavy atom. The molecule has 5 nitrogen and oxygen atoms in total. The van der Waals surface area contributed by atoms with Crippen LogP contribution < -0.4 is 4.74 Å². The molecule has 25 heavy (non-hydrogen) atoms. The van der Waals surface area contributed by atoms with Crippen LogP contribution in [0.2, 0.25) is 0 Å². The number of esters is 2. The highest BCUT2D eigenvalue weighted by Crippen LogP contribution is 2.30. The summed E-state index contributed by atoms with van der Waals surface area (Å²) < 4.78 is 15.6. The number of ether oxygens (including phenoxy) is 3. The third-order valence-electron chi connectivity index (χ3n) is 3.17. The summed E-state index contributed by atoms with van der Waals surface area (Å²) in [5, 5.41) is 0. The second kappa shape index (κ2) is 10.1. The fraction of sp³-hybridized carbons (Fsp3) is 0.400. The first-order chi connectivity index (χ1) is 11.9. The van der Waals surface area contributed by atoms with Gasteiger partial charge in [0.25, 0.3) is 0 Å². The van der Waals surface area contributed by atoms with Gasteiger partial charge in [-0.1, -0.05) is 31.9 Å². The first-order valence-corrected chi connectivity index (χ1v) is 7.81. The van der Waals surface area contributed by atoms with E-state index >= 15 is 0 Å². The van der Waals surface area contributed by atoms with Crippen molar-refractivity contribution < 1.29 is 23.8 Å². The summed E-state index contributed by atoms with van der Waals surface area (Å²) >= 11 is 0. The molecule has 0 spiro atoms. The number of carbonyl (C=O) groups excluding carboxylic acids is 2. The van der Waals surface area contributed by atoms with E-state index in [2.05, 4.69) is 23.7 Å². The summed E-state index contributed by atoms with van der Waals surface area (Å²) in [7, 11) is 2.71. The van der Waals surface area contributed by atoms with Gasteiger partial charge in [-0.3, -0.25) is 4.79 Å². The second-order valence-electron chi connectivity index (χ2n) is 5.53. The van der Waals surface area contributed by atoms with Crippen LogP contribution in [0.15, 0.2) is 18.2 Å². The van der Waals surface area contributed by atoms with E-state index in [1.807, 2.05) is 13.8 Å². The Morgan fingerprint density at radius 2 is 1.88 bits per heavy atom. The normalized spacial score (nSPS) is 10.6. The van der Waals surface area contributed by atoms with Crippen LogP contribution in [-0.2, 0) is 14.3 Å². The topological polar surface area (TPSA) is 61.8 Å². The molecule has 0 aliphatic rings. The van der Waals surface area contributed by atoms with E-state index in [4.69, 9.17) is 14.2 Å². The number of methoxy groups -OCH3 is 2. The van der Waals surface area contributed by atoms with Crippen molar-refractivity contribution in [3.8, 4) is 29.4 Å². The summed E-state index contributed by atoms with van der Waals surface area (Å²) in [6.45, 7) is 5.48. The number of hydrogen-bond donors (Lipinski definition) is 0. The van der Waals surface area contributed by atoms with Gasteiger partial charge in [-0.15, -0.1) is 0 Å². The molecule has 0 amide bonds. The molecule has 0 aliphatic carbocycles. The van der Waals surface area contributed by atoms with Crippen LogP contribution in [0.4, 0.5) is 0 Å². The lowest BCUT2D eigenvalue weighted by Crippen LogP contribution is -2.16. The number of rotatable bonds is 6. The molecule has 1 atom stereocenters. The molecule has 0 radical (unpaired) electrons. The molecule has 0 fully saturated rings. The van der Waals surface area contributed by atoms with Gasteiger partial charge in [0, 0.05) is 12.0 Å². The van der Waals surface area contributed by atoms with Crippen molar-refractivity contribution in [2.45, 2.75) is 33.3 Å². The molecule has 1 aromatic rings. The monoisotopic (exact) mass is 342 g/mol. The van der Waals surface area contributed by atoms with Gasteiger partial charge in [-0.2, -0.15) is 0 Å². The van der Waals surface area contributed by atoms with Gasteiger partial charge in [0.15, 0.2) is 6.10 Å². The van der Waals surface area contributed by atoms with Crippen molar-refractivity contribution in [2.24, 2.45) is 5.92 Å². The van der Waals surface area contributed by atoms with Crippen LogP contribution in [0.5, 0.6) is 5.75 Å². The molecule has 132 valence electrons. The van der Waals surface area contributed by atoms with Crippen molar-refractivity contribution in [1.29, 1.82) is 0 Å². The van der Waals surface area contributed by atoms with Gasteiger partial charge in [0.05, 0.1) is 14.2 Å². The van der Waals surface area contributed by atoms with E-state index in [0.29, 0.717) is 11.3 Å². The summed E-state index contributed by atoms with van der Waals surface area (Å²) in [5.41, 5.74) is 0.572. The van der Waals surface area contributed by atoms with Gasteiger partial charge in [-0.05, 0) is 36.7 Å². The molecule has 0 saturated carbocycles. The summed E-state index contributed by atoms with van der Waals surface area (Å²) in [5.74, 6) is 10.1. The van der Waals surface area contributed by atoms with Crippen LogP contribution in [0.25, 0.3) is 0 Å². The van der Waals surface area contributed by atoms with Crippen LogP contribution in [0, 0.1) is 29.6 Å². The molecule has 0 N–H and O–H groups in total. The minimum atomic E-state index is -0.948. The average molecular weight is 342 g/mol. The zero-order chi connectivity index (χ0) is 18.8. The lowest BCUT2D eigenvalue weighted by molar-refractivity contribution is -0.147. The van der Waals surface area contributed by atoms with Crippen molar-refractivity contribution in [3.63, 3.8) is 0 Å². The van der Waals surface area contributed by atoms with E-state index in [0.717, 1.165) is 0 Å². The molecule has 5 heteroatoms. The van der Waals surface area contributed by atoms with Crippen molar-refractivity contribution in [2.75, 3.05) is 14.2 Å². The van der Waals surface area contributed by atoms with Crippen molar-refractivity contribution in [1.82, 2.24) is 0 Å². The lowest BCUT2D eigenvalue weighted by Gasteiger charge is -2.18. The highest BCUT2D eigenvalue weighted by atomic mass is 16.5. The lowest BCUT2D eigenvalue weighted by atomic mass is 10.0. The van der Waals surface area contributed by atoms with Gasteiger partial charge in [0.1, 0.15) is 11.3 Å². The Kier molecular flexibility index (Phi) is 8.09. The van der Waals surface area contributed by atoms with Gasteiger partial charge in [-0.25, -0.2) is 4.79 Å². The molecule has 0 saturated heterocycles. The van der Waals surface area contributed by atoms with Crippen molar-refractivity contribution >= 4 is 11.9 Å². The molecule has 0 aliphatic heterocycles. The van der Waals surface area contributed by atoms with E-state index < -0.39 is 18.0 Å². The Bertz CT molecular complexity index is 741. The first kappa shape index (κ1) is 20.1. The summed E-state index contributed by atoms with van der Waals surface area (Å²) in [4.78, 5) is 24.3. The Morgan fingerprint density at radius 3 is 2.44 bits per heavy atom. The highest BCUT2D eigenvalue weighted by Gasteiger charge is 2.25. The predicted octanol–water partition coefficient (Wildman–Crippen LogP) is 3.14. The average Bonchev–Trinajstić information content (AvgIpc) is 2.58. The standard InChI is InChI=1S/C20H22O5/c1-6-7-8-11-16(25-18(21)13-14(2)3)15-10-9-12-17(23-4)19(15)20(22)24-5/h9-10,12,14,16H,13H2,1-5H3/t16-/m1/s1. The maximum absolute atomic E-state index is 12.2. The number of hydrogen-bond acceptors (Lipinski definition) is 5. The number of carbonyl (C=O) groups is 2. The Hall–Kier alpha value is -2.92. The predicted molar refractivity (Wildman–Crippen MR) is 93.8 cm³/mol. The van der Waals surface area contributed by atoms with Crippen LogP contribution in [0.3, 0.4) is 0 Å². The largest absolute Gasteiger partial charge is 0.496 e. The second-order valence-corrected chi connectivity index (χ2v) is 5.53. The van der Waals surface area contributed by atoms with Crippen LogP contribution in [0.1, 0.15) is 49.2 Å². The zero-order valence-corrected chi connectivity index (χ0v) is 15.1. The molecule has 0 bridgehead atoms. The molecule has 0 aromatic heterocycles. The van der Waals surface area contributed by atoms with E-state index in [1.165, 1.54) is 14.2 Å². The molecule has 1 aromatic carbocycles. The fourth-order valence-electron chi connectivity index (χ4n) is 2.10. The maximum Gasteiger partial charge on any atom is 0.342 e. The minimum Gasteiger partial charge on any atom is -0.496 e. The Labute approximate surface area is 148 Å². The smallest absolute Gasteiger partial charge is 0.342 e. The number of benzene rings is 1. The molecular formula is C20H22O5. The first-order valence-electron chi connectivity index (χ1n) is 7.81. The SMILES string of the molecule is CC#CC#C[C@@H](OC(=O)CC(C)C)c1cccc(OC)c1C(=O)OC. The van der Waals surface area contributed by atoms with Gasteiger partial charge < -0.3 is 14.2 Å². The zero-order valence-electron chi connectivity index (χ0n) is 15.1. The molecule has 0 heterocycles. The molecular weight excluding hydrogens is 320 g/mol. The van der Waals surface area contributed by atoms with Crippen molar-refractivity contribution in [3.05, 3.63) is 29.3 Å². The maximum atomic E-state index is 12.2. The van der Waals surface area contributed by atoms with Crippen LogP contribution in [-0.4, -0.2) is 26.2 Å². The van der Waals surface area contributed by atoms with Crippen LogP contribution >= 0.6 is 0 Å². The Balaban J connectivity index is 3.38. The van der Waals surface area contributed by atoms with E-state index in [9.17, 15) is 9.59 Å². The van der Waals surface area contributed by atoms with E-state index in [1.54, 1.807) is 25.1 Å². The van der Waals surface area contributed by atoms with Gasteiger partial charge in [0.2, 0.25) is 0 Å². The van der Waals surface area contributed by atoms with E-state index in [-0.39, 0.29) is 17.9 Å². The third-order valence-corrected chi connectivity index (χ3v) is 3.17. The highest BCUT2D eigenvalue weighted by molar-refractivity contribution is 5.94. The molecule has 1 rings (SSSR count). The summed E-state index contributed by atoms with van der Waals surface area (Å²) in [6, 6.07) is 4.97.